The van der Waals surface area contributed by atoms with Crippen LogP contribution >= 0.6 is 0 Å². The second-order valence-corrected chi connectivity index (χ2v) is 8.24. The highest BCUT2D eigenvalue weighted by molar-refractivity contribution is 6.01. The Labute approximate surface area is 180 Å². The molecule has 0 saturated carbocycles. The average Bonchev–Trinajstić information content (AvgIpc) is 3.21. The molecular weight excluding hydrogens is 391 g/mol. The summed E-state index contributed by atoms with van der Waals surface area (Å²) in [7, 11) is 0. The Kier molecular flexibility index (Phi) is 5.10. The van der Waals surface area contributed by atoms with E-state index in [1.807, 2.05) is 24.3 Å². The van der Waals surface area contributed by atoms with E-state index in [-0.39, 0.29) is 0 Å². The summed E-state index contributed by atoms with van der Waals surface area (Å²) < 4.78 is 15.0. The lowest BCUT2D eigenvalue weighted by atomic mass is 10.0. The minimum atomic E-state index is -0.470. The van der Waals surface area contributed by atoms with Crippen LogP contribution in [0.5, 0.6) is 0 Å². The van der Waals surface area contributed by atoms with Crippen molar-refractivity contribution in [2.45, 2.75) is 45.6 Å². The van der Waals surface area contributed by atoms with Crippen molar-refractivity contribution < 1.29 is 4.39 Å². The summed E-state index contributed by atoms with van der Waals surface area (Å²) in [5.74, 6) is 0.382. The minimum Gasteiger partial charge on any atom is -0.354 e. The number of anilines is 1. The molecule has 4 aromatic rings. The number of rotatable bonds is 3. The first-order valence-corrected chi connectivity index (χ1v) is 10.8. The molecule has 31 heavy (non-hydrogen) atoms. The number of aryl methyl sites for hydroxylation is 1. The van der Waals surface area contributed by atoms with Crippen LogP contribution in [0.25, 0.3) is 33.4 Å². The van der Waals surface area contributed by atoms with Crippen LogP contribution in [0.2, 0.25) is 0 Å². The van der Waals surface area contributed by atoms with Gasteiger partial charge in [0, 0.05) is 41.6 Å². The molecule has 1 saturated heterocycles. The Balaban J connectivity index is 1.79. The summed E-state index contributed by atoms with van der Waals surface area (Å²) >= 11 is 0. The number of nitrogens with one attached hydrogen (secondary N) is 1. The molecule has 0 aliphatic carbocycles. The van der Waals surface area contributed by atoms with Crippen molar-refractivity contribution in [2.24, 2.45) is 0 Å². The number of pyridine rings is 3. The van der Waals surface area contributed by atoms with E-state index in [1.165, 1.54) is 12.8 Å². The van der Waals surface area contributed by atoms with Crippen LogP contribution in [0.1, 0.15) is 38.3 Å². The van der Waals surface area contributed by atoms with Crippen molar-refractivity contribution in [3.63, 3.8) is 0 Å². The zero-order chi connectivity index (χ0) is 21.4. The Morgan fingerprint density at radius 3 is 2.74 bits per heavy atom. The first-order valence-electron chi connectivity index (χ1n) is 10.8. The highest BCUT2D eigenvalue weighted by Gasteiger charge is 2.23. The molecule has 1 N–H and O–H groups in total. The smallest absolute Gasteiger partial charge is 0.220 e. The summed E-state index contributed by atoms with van der Waals surface area (Å²) in [6.07, 6.45) is 8.11. The van der Waals surface area contributed by atoms with E-state index in [4.69, 9.17) is 4.98 Å². The van der Waals surface area contributed by atoms with Gasteiger partial charge >= 0.3 is 0 Å². The number of fused-ring (bicyclic) bond motifs is 1. The molecule has 0 spiro atoms. The monoisotopic (exact) mass is 416 g/mol. The molecule has 7 heteroatoms. The van der Waals surface area contributed by atoms with Crippen LogP contribution in [0.4, 0.5) is 10.2 Å². The molecular formula is C24H25FN6. The predicted molar refractivity (Wildman–Crippen MR) is 120 cm³/mol. The van der Waals surface area contributed by atoms with Gasteiger partial charge in [-0.2, -0.15) is 9.49 Å². The maximum absolute atomic E-state index is 15.0. The fourth-order valence-corrected chi connectivity index (χ4v) is 4.43. The third-order valence-electron chi connectivity index (χ3n) is 6.10. The van der Waals surface area contributed by atoms with E-state index < -0.39 is 5.95 Å². The van der Waals surface area contributed by atoms with Crippen LogP contribution in [0.15, 0.2) is 42.7 Å². The molecule has 0 aromatic carbocycles. The number of H-pyrrole nitrogens is 1. The van der Waals surface area contributed by atoms with Crippen LogP contribution in [-0.4, -0.2) is 37.7 Å². The fraction of sp³-hybridized carbons (Fsp3) is 0.333. The van der Waals surface area contributed by atoms with E-state index in [9.17, 15) is 4.39 Å². The van der Waals surface area contributed by atoms with Gasteiger partial charge in [-0.3, -0.25) is 10.1 Å². The van der Waals surface area contributed by atoms with E-state index in [2.05, 4.69) is 32.0 Å². The van der Waals surface area contributed by atoms with Gasteiger partial charge in [0.2, 0.25) is 5.95 Å². The highest BCUT2D eigenvalue weighted by atomic mass is 19.1. The number of aromatic nitrogens is 5. The largest absolute Gasteiger partial charge is 0.354 e. The molecule has 0 unspecified atom stereocenters. The number of hydrogen-bond donors (Lipinski definition) is 1. The molecule has 0 bridgehead atoms. The van der Waals surface area contributed by atoms with Crippen molar-refractivity contribution in [3.05, 3.63) is 54.4 Å². The van der Waals surface area contributed by atoms with Gasteiger partial charge in [0.05, 0.1) is 5.69 Å². The number of nitrogens with zero attached hydrogens (tertiary/aromatic N) is 5. The van der Waals surface area contributed by atoms with Gasteiger partial charge < -0.3 is 4.90 Å². The van der Waals surface area contributed by atoms with E-state index in [0.717, 1.165) is 47.4 Å². The summed E-state index contributed by atoms with van der Waals surface area (Å²) in [5, 5.41) is 7.91. The second kappa shape index (κ2) is 8.06. The molecule has 1 aliphatic heterocycles. The quantitative estimate of drug-likeness (QED) is 0.459. The predicted octanol–water partition coefficient (Wildman–Crippen LogP) is 5.30. The van der Waals surface area contributed by atoms with Crippen molar-refractivity contribution in [2.75, 3.05) is 11.4 Å². The Bertz CT molecular complexity index is 1220. The number of hydrogen-bond acceptors (Lipinski definition) is 5. The first kappa shape index (κ1) is 19.6. The molecule has 0 radical (unpaired) electrons. The Hall–Kier alpha value is -3.35. The van der Waals surface area contributed by atoms with Gasteiger partial charge in [0.15, 0.2) is 0 Å². The maximum atomic E-state index is 15.0. The highest BCUT2D eigenvalue weighted by Crippen LogP contribution is 2.36. The van der Waals surface area contributed by atoms with Gasteiger partial charge in [-0.25, -0.2) is 9.97 Å². The van der Waals surface area contributed by atoms with Gasteiger partial charge in [-0.1, -0.05) is 12.8 Å². The van der Waals surface area contributed by atoms with Crippen LogP contribution in [0, 0.1) is 12.9 Å². The summed E-state index contributed by atoms with van der Waals surface area (Å²) in [5.41, 5.74) is 4.14. The molecule has 0 amide bonds. The second-order valence-electron chi connectivity index (χ2n) is 8.24. The van der Waals surface area contributed by atoms with Gasteiger partial charge in [0.25, 0.3) is 0 Å². The standard InChI is InChI=1S/C24H25FN6/c1-15-7-8-18(24(25)28-15)19-14-21(31-13-5-3-4-6-16(31)2)29-22-17(19)9-11-26-23(22)20-10-12-27-30-20/h7-12,14,16H,3-6,13H2,1-2H3,(H,27,30)/t16-/m1/s1. The number of halogens is 1. The van der Waals surface area contributed by atoms with Crippen molar-refractivity contribution in [3.8, 4) is 22.5 Å². The molecule has 1 fully saturated rings. The van der Waals surface area contributed by atoms with Gasteiger partial charge in [-0.05, 0) is 62.6 Å². The van der Waals surface area contributed by atoms with E-state index >= 15 is 0 Å². The molecule has 5 heterocycles. The van der Waals surface area contributed by atoms with E-state index in [1.54, 1.807) is 25.4 Å². The lowest BCUT2D eigenvalue weighted by Gasteiger charge is -2.29. The summed E-state index contributed by atoms with van der Waals surface area (Å²) in [4.78, 5) is 16.1. The van der Waals surface area contributed by atoms with Gasteiger partial charge in [-0.15, -0.1) is 0 Å². The minimum absolute atomic E-state index is 0.369. The lowest BCUT2D eigenvalue weighted by molar-refractivity contribution is 0.584. The average molecular weight is 417 g/mol. The molecule has 6 nitrogen and oxygen atoms in total. The lowest BCUT2D eigenvalue weighted by Crippen LogP contribution is -2.33. The molecule has 4 aromatic heterocycles. The van der Waals surface area contributed by atoms with Crippen LogP contribution < -0.4 is 4.90 Å². The summed E-state index contributed by atoms with van der Waals surface area (Å²) in [6, 6.07) is 9.80. The van der Waals surface area contributed by atoms with Crippen LogP contribution in [-0.2, 0) is 0 Å². The topological polar surface area (TPSA) is 70.6 Å². The van der Waals surface area contributed by atoms with E-state index in [0.29, 0.717) is 23.0 Å². The molecule has 1 atom stereocenters. The third kappa shape index (κ3) is 3.65. The number of aromatic amines is 1. The maximum Gasteiger partial charge on any atom is 0.220 e. The van der Waals surface area contributed by atoms with Crippen molar-refractivity contribution in [1.82, 2.24) is 25.1 Å². The normalized spacial score (nSPS) is 17.1. The Morgan fingerprint density at radius 2 is 1.94 bits per heavy atom. The fourth-order valence-electron chi connectivity index (χ4n) is 4.43. The van der Waals surface area contributed by atoms with Crippen LogP contribution in [0.3, 0.4) is 0 Å². The zero-order valence-corrected chi connectivity index (χ0v) is 17.8. The SMILES string of the molecule is Cc1ccc(-c2cc(N3CCCCC[C@H]3C)nc3c(-c4ccn[nH]4)nccc23)c(F)n1. The van der Waals surface area contributed by atoms with Crippen molar-refractivity contribution in [1.29, 1.82) is 0 Å². The third-order valence-corrected chi connectivity index (χ3v) is 6.10. The van der Waals surface area contributed by atoms with Gasteiger partial charge in [0.1, 0.15) is 17.0 Å². The molecule has 1 aliphatic rings. The molecule has 158 valence electrons. The molecule has 5 rings (SSSR count). The zero-order valence-electron chi connectivity index (χ0n) is 17.8. The van der Waals surface area contributed by atoms with Crippen molar-refractivity contribution >= 4 is 16.7 Å². The first-order chi connectivity index (χ1) is 15.1. The Morgan fingerprint density at radius 1 is 1.03 bits per heavy atom. The summed E-state index contributed by atoms with van der Waals surface area (Å²) in [6.45, 7) is 4.97.